The number of imidazole rings is 2. The zero-order valence-electron chi connectivity index (χ0n) is 30.2. The van der Waals surface area contributed by atoms with E-state index < -0.39 is 11.6 Å². The summed E-state index contributed by atoms with van der Waals surface area (Å²) >= 11 is 0. The van der Waals surface area contributed by atoms with Gasteiger partial charge in [0.1, 0.15) is 23.2 Å². The van der Waals surface area contributed by atoms with Crippen LogP contribution in [0.4, 0.5) is 24.5 Å². The molecule has 4 N–H and O–H groups in total. The summed E-state index contributed by atoms with van der Waals surface area (Å²) in [7, 11) is 0. The molecule has 0 amide bonds. The Morgan fingerprint density at radius 2 is 1.09 bits per heavy atom. The van der Waals surface area contributed by atoms with E-state index in [0.29, 0.717) is 18.8 Å². The number of aromatic nitrogens is 4. The first kappa shape index (κ1) is 33.7. The van der Waals surface area contributed by atoms with E-state index in [1.54, 1.807) is 0 Å². The van der Waals surface area contributed by atoms with E-state index in [1.807, 2.05) is 17.0 Å². The molecule has 4 aliphatic rings. The third kappa shape index (κ3) is 6.11. The van der Waals surface area contributed by atoms with E-state index in [9.17, 15) is 4.39 Å². The lowest BCUT2D eigenvalue weighted by molar-refractivity contribution is 0.485. The standard InChI is InChI=1S/C43H45F3N8/c44-29-9-5-25(6-10-29)26-15-19-53(20-16-26)41-31(45)23-30(24-32(41)46)54-39(27-7-11-33-37(21-27)51-42(49-33)35-3-1-17-47-35)13-14-40(54)28-8-12-34-38(22-28)52-43(50-34)36-4-2-18-48-36/h5-12,21-24,26,35-36,39-40,47-48H,1-4,13-20H2,(H,49,51)(H,50,52)/t35-,36-,39+,40+/m0/s1. The molecule has 11 heteroatoms. The molecule has 8 nitrogen and oxygen atoms in total. The lowest BCUT2D eigenvalue weighted by atomic mass is 9.89. The van der Waals surface area contributed by atoms with Crippen LogP contribution in [0.2, 0.25) is 0 Å². The molecule has 4 fully saturated rings. The lowest BCUT2D eigenvalue weighted by Crippen LogP contribution is -2.34. The van der Waals surface area contributed by atoms with Gasteiger partial charge in [0.2, 0.25) is 0 Å². The SMILES string of the molecule is Fc1ccc(C2CCN(c3c(F)cc(N4[C@@H](c5ccc6nc([C@@H]7CCCN7)[nH]c6c5)CC[C@@H]4c4ccc5nc([C@@H]6CCCN6)[nH]c5c4)cc3F)CC2)cc1. The van der Waals surface area contributed by atoms with Crippen molar-refractivity contribution in [1.82, 2.24) is 30.6 Å². The molecule has 6 heterocycles. The average Bonchev–Trinajstić information content (AvgIpc) is 4.03. The Kier molecular flexibility index (Phi) is 8.59. The zero-order valence-corrected chi connectivity index (χ0v) is 30.2. The minimum Gasteiger partial charge on any atom is -0.367 e. The molecule has 4 atom stereocenters. The highest BCUT2D eigenvalue weighted by molar-refractivity contribution is 5.78. The number of aromatic amines is 2. The summed E-state index contributed by atoms with van der Waals surface area (Å²) in [5.41, 5.74) is 7.60. The van der Waals surface area contributed by atoms with Gasteiger partial charge in [-0.05, 0) is 136 Å². The predicted molar refractivity (Wildman–Crippen MR) is 206 cm³/mol. The fourth-order valence-corrected chi connectivity index (χ4v) is 9.67. The van der Waals surface area contributed by atoms with Crippen molar-refractivity contribution in [2.24, 2.45) is 0 Å². The molecule has 0 saturated carbocycles. The number of H-pyrrole nitrogens is 2. The number of benzene rings is 4. The molecule has 2 aromatic heterocycles. The highest BCUT2D eigenvalue weighted by Gasteiger charge is 2.38. The summed E-state index contributed by atoms with van der Waals surface area (Å²) < 4.78 is 46.3. The van der Waals surface area contributed by atoms with Gasteiger partial charge in [-0.1, -0.05) is 24.3 Å². The Bertz CT molecular complexity index is 2170. The van der Waals surface area contributed by atoms with Gasteiger partial charge in [0.05, 0.1) is 46.2 Å². The Morgan fingerprint density at radius 3 is 1.59 bits per heavy atom. The first-order valence-electron chi connectivity index (χ1n) is 19.7. The van der Waals surface area contributed by atoms with Gasteiger partial charge >= 0.3 is 0 Å². The first-order valence-corrected chi connectivity index (χ1v) is 19.7. The number of rotatable bonds is 7. The van der Waals surface area contributed by atoms with Gasteiger partial charge in [-0.25, -0.2) is 23.1 Å². The normalized spacial score (nSPS) is 23.8. The summed E-state index contributed by atoms with van der Waals surface area (Å²) in [4.78, 5) is 21.0. The van der Waals surface area contributed by atoms with Crippen LogP contribution >= 0.6 is 0 Å². The molecule has 4 aromatic carbocycles. The van der Waals surface area contributed by atoms with Crippen LogP contribution in [0, 0.1) is 17.5 Å². The van der Waals surface area contributed by atoms with E-state index >= 15 is 8.78 Å². The Hall–Kier alpha value is -4.87. The topological polar surface area (TPSA) is 87.9 Å². The molecule has 4 saturated heterocycles. The fraction of sp³-hybridized carbons (Fsp3) is 0.395. The van der Waals surface area contributed by atoms with E-state index in [2.05, 4.69) is 61.9 Å². The second-order valence-corrected chi connectivity index (χ2v) is 15.7. The Morgan fingerprint density at radius 1 is 0.574 bits per heavy atom. The average molecular weight is 731 g/mol. The Labute approximate surface area is 312 Å². The van der Waals surface area contributed by atoms with Gasteiger partial charge in [0, 0.05) is 18.8 Å². The molecular weight excluding hydrogens is 686 g/mol. The van der Waals surface area contributed by atoms with Crippen molar-refractivity contribution in [2.75, 3.05) is 36.0 Å². The third-order valence-corrected chi connectivity index (χ3v) is 12.4. The number of halogens is 3. The molecule has 0 spiro atoms. The second kappa shape index (κ2) is 13.8. The zero-order chi connectivity index (χ0) is 36.3. The van der Waals surface area contributed by atoms with Crippen molar-refractivity contribution in [3.63, 3.8) is 0 Å². The highest BCUT2D eigenvalue weighted by atomic mass is 19.1. The highest BCUT2D eigenvalue weighted by Crippen LogP contribution is 2.49. The van der Waals surface area contributed by atoms with Gasteiger partial charge < -0.3 is 30.4 Å². The monoisotopic (exact) mass is 730 g/mol. The van der Waals surface area contributed by atoms with Crippen LogP contribution in [0.3, 0.4) is 0 Å². The van der Waals surface area contributed by atoms with Crippen molar-refractivity contribution < 1.29 is 13.2 Å². The minimum atomic E-state index is -0.551. The van der Waals surface area contributed by atoms with Crippen LogP contribution in [0.15, 0.2) is 72.8 Å². The van der Waals surface area contributed by atoms with Gasteiger partial charge in [0.25, 0.3) is 0 Å². The van der Waals surface area contributed by atoms with Crippen LogP contribution in [-0.4, -0.2) is 46.1 Å². The third-order valence-electron chi connectivity index (χ3n) is 12.4. The molecule has 0 unspecified atom stereocenters. The summed E-state index contributed by atoms with van der Waals surface area (Å²) in [5.74, 6) is 0.789. The molecule has 10 rings (SSSR count). The molecule has 4 aliphatic heterocycles. The van der Waals surface area contributed by atoms with Crippen molar-refractivity contribution >= 4 is 33.4 Å². The molecule has 6 aromatic rings. The van der Waals surface area contributed by atoms with E-state index in [0.717, 1.165) is 115 Å². The first-order chi connectivity index (χ1) is 26.4. The number of hydrogen-bond donors (Lipinski definition) is 4. The fourth-order valence-electron chi connectivity index (χ4n) is 9.67. The van der Waals surface area contributed by atoms with Crippen LogP contribution in [0.5, 0.6) is 0 Å². The Balaban J connectivity index is 0.986. The number of anilines is 2. The molecule has 0 bridgehead atoms. The van der Waals surface area contributed by atoms with E-state index in [1.165, 1.54) is 24.3 Å². The molecular formula is C43H45F3N8. The molecule has 0 radical (unpaired) electrons. The maximum absolute atomic E-state index is 16.4. The van der Waals surface area contributed by atoms with Crippen LogP contribution in [-0.2, 0) is 0 Å². The van der Waals surface area contributed by atoms with Crippen LogP contribution in [0.1, 0.15) is 110 Å². The number of fused-ring (bicyclic) bond motifs is 2. The van der Waals surface area contributed by atoms with Crippen molar-refractivity contribution in [3.05, 3.63) is 119 Å². The number of hydrogen-bond acceptors (Lipinski definition) is 6. The quantitative estimate of drug-likeness (QED) is 0.131. The van der Waals surface area contributed by atoms with Crippen LogP contribution in [0.25, 0.3) is 22.1 Å². The van der Waals surface area contributed by atoms with Gasteiger partial charge in [-0.2, -0.15) is 0 Å². The van der Waals surface area contributed by atoms with Crippen molar-refractivity contribution in [2.45, 2.75) is 81.5 Å². The van der Waals surface area contributed by atoms with E-state index in [4.69, 9.17) is 9.97 Å². The molecule has 54 heavy (non-hydrogen) atoms. The predicted octanol–water partition coefficient (Wildman–Crippen LogP) is 9.17. The number of nitrogens with one attached hydrogen (secondary N) is 4. The van der Waals surface area contributed by atoms with Crippen molar-refractivity contribution in [3.8, 4) is 0 Å². The van der Waals surface area contributed by atoms with Gasteiger partial charge in [-0.15, -0.1) is 0 Å². The number of piperidine rings is 1. The molecule has 278 valence electrons. The van der Waals surface area contributed by atoms with Crippen molar-refractivity contribution in [1.29, 1.82) is 0 Å². The van der Waals surface area contributed by atoms with Gasteiger partial charge in [-0.3, -0.25) is 0 Å². The maximum atomic E-state index is 16.4. The summed E-state index contributed by atoms with van der Waals surface area (Å²) in [6, 6.07) is 22.7. The maximum Gasteiger partial charge on any atom is 0.151 e. The number of nitrogens with zero attached hydrogens (tertiary/aromatic N) is 4. The minimum absolute atomic E-state index is 0.0301. The summed E-state index contributed by atoms with van der Waals surface area (Å²) in [6.07, 6.45) is 7.51. The summed E-state index contributed by atoms with van der Waals surface area (Å²) in [6.45, 7) is 3.04. The lowest BCUT2D eigenvalue weighted by Gasteiger charge is -2.36. The second-order valence-electron chi connectivity index (χ2n) is 15.7. The smallest absolute Gasteiger partial charge is 0.151 e. The van der Waals surface area contributed by atoms with Crippen LogP contribution < -0.4 is 20.4 Å². The molecule has 0 aliphatic carbocycles. The summed E-state index contributed by atoms with van der Waals surface area (Å²) in [5, 5.41) is 7.07. The largest absolute Gasteiger partial charge is 0.367 e. The van der Waals surface area contributed by atoms with Gasteiger partial charge in [0.15, 0.2) is 11.6 Å². The van der Waals surface area contributed by atoms with E-state index in [-0.39, 0.29) is 41.6 Å².